The Kier molecular flexibility index (Phi) is 6.28. The van der Waals surface area contributed by atoms with Gasteiger partial charge in [0.25, 0.3) is 0 Å². The molecule has 0 fully saturated rings. The third-order valence-electron chi connectivity index (χ3n) is 4.72. The molecule has 156 valence electrons. The van der Waals surface area contributed by atoms with E-state index in [2.05, 4.69) is 4.98 Å². The number of oxazole rings is 1. The number of aliphatic carboxylic acids is 1. The van der Waals surface area contributed by atoms with E-state index < -0.39 is 11.9 Å². The Morgan fingerprint density at radius 3 is 2.23 bits per heavy atom. The fourth-order valence-electron chi connectivity index (χ4n) is 3.17. The minimum absolute atomic E-state index is 0.0991. The van der Waals surface area contributed by atoms with Crippen molar-refractivity contribution < 1.29 is 23.8 Å². The first-order chi connectivity index (χ1) is 15.2. The summed E-state index contributed by atoms with van der Waals surface area (Å²) >= 11 is 0. The lowest BCUT2D eigenvalue weighted by Gasteiger charge is -2.13. The highest BCUT2D eigenvalue weighted by molar-refractivity contribution is 5.68. The van der Waals surface area contributed by atoms with Gasteiger partial charge >= 0.3 is 5.97 Å². The number of hydrogen-bond acceptors (Lipinski definition) is 5. The van der Waals surface area contributed by atoms with Crippen LogP contribution >= 0.6 is 0 Å². The van der Waals surface area contributed by atoms with Crippen LogP contribution in [-0.4, -0.2) is 16.1 Å². The van der Waals surface area contributed by atoms with Crippen LogP contribution in [0.2, 0.25) is 0 Å². The average molecular weight is 415 g/mol. The van der Waals surface area contributed by atoms with E-state index in [0.717, 1.165) is 22.6 Å². The van der Waals surface area contributed by atoms with E-state index >= 15 is 0 Å². The van der Waals surface area contributed by atoms with Gasteiger partial charge in [-0.3, -0.25) is 4.79 Å². The molecule has 0 aliphatic rings. The molecule has 1 aromatic heterocycles. The molecule has 6 nitrogen and oxygen atoms in total. The van der Waals surface area contributed by atoms with Crippen molar-refractivity contribution in [3.05, 3.63) is 108 Å². The molecule has 0 unspecified atom stereocenters. The zero-order valence-corrected chi connectivity index (χ0v) is 16.7. The topological polar surface area (TPSA) is 81.8 Å². The van der Waals surface area contributed by atoms with E-state index in [1.165, 1.54) is 12.5 Å². The van der Waals surface area contributed by atoms with Gasteiger partial charge in [-0.1, -0.05) is 42.5 Å². The average Bonchev–Trinajstić information content (AvgIpc) is 3.33. The molecule has 0 amide bonds. The molecule has 4 aromatic rings. The van der Waals surface area contributed by atoms with Crippen molar-refractivity contribution in [2.75, 3.05) is 0 Å². The maximum atomic E-state index is 11.2. The third-order valence-corrected chi connectivity index (χ3v) is 4.72. The molecule has 1 atom stereocenters. The van der Waals surface area contributed by atoms with Gasteiger partial charge in [0.1, 0.15) is 30.1 Å². The summed E-state index contributed by atoms with van der Waals surface area (Å²) in [4.78, 5) is 15.3. The van der Waals surface area contributed by atoms with Gasteiger partial charge in [0.15, 0.2) is 0 Å². The Balaban J connectivity index is 1.36. The molecule has 3 aromatic carbocycles. The lowest BCUT2D eigenvalue weighted by atomic mass is 9.95. The van der Waals surface area contributed by atoms with E-state index in [1.807, 2.05) is 78.9 Å². The Morgan fingerprint density at radius 2 is 1.58 bits per heavy atom. The Morgan fingerprint density at radius 1 is 0.903 bits per heavy atom. The van der Waals surface area contributed by atoms with Crippen LogP contribution in [-0.2, 0) is 11.4 Å². The summed E-state index contributed by atoms with van der Waals surface area (Å²) in [5.74, 6) is 1.26. The molecule has 0 bridgehead atoms. The summed E-state index contributed by atoms with van der Waals surface area (Å²) in [7, 11) is 0. The Labute approximate surface area is 179 Å². The number of aromatic nitrogens is 1. The largest absolute Gasteiger partial charge is 0.489 e. The van der Waals surface area contributed by atoms with Crippen LogP contribution in [0, 0.1) is 0 Å². The second-order valence-corrected chi connectivity index (χ2v) is 6.94. The van der Waals surface area contributed by atoms with Crippen molar-refractivity contribution in [2.24, 2.45) is 0 Å². The number of carboxylic acids is 1. The van der Waals surface area contributed by atoms with E-state index in [9.17, 15) is 9.90 Å². The lowest BCUT2D eigenvalue weighted by molar-refractivity contribution is -0.137. The van der Waals surface area contributed by atoms with Crippen molar-refractivity contribution in [3.8, 4) is 17.2 Å². The highest BCUT2D eigenvalue weighted by atomic mass is 16.5. The van der Waals surface area contributed by atoms with Crippen LogP contribution in [0.15, 0.2) is 95.7 Å². The summed E-state index contributed by atoms with van der Waals surface area (Å²) in [6.07, 6.45) is 2.85. The van der Waals surface area contributed by atoms with Crippen LogP contribution in [0.5, 0.6) is 17.2 Å². The van der Waals surface area contributed by atoms with Gasteiger partial charge in [0.2, 0.25) is 5.89 Å². The van der Waals surface area contributed by atoms with Gasteiger partial charge in [-0.2, -0.15) is 0 Å². The summed E-state index contributed by atoms with van der Waals surface area (Å²) in [6, 6.07) is 24.6. The number of nitrogens with zero attached hydrogens (tertiary/aromatic N) is 1. The van der Waals surface area contributed by atoms with Gasteiger partial charge in [0.05, 0.1) is 18.5 Å². The van der Waals surface area contributed by atoms with Crippen LogP contribution in [0.3, 0.4) is 0 Å². The molecule has 0 radical (unpaired) electrons. The van der Waals surface area contributed by atoms with E-state index in [1.54, 1.807) is 0 Å². The molecular weight excluding hydrogens is 394 g/mol. The predicted molar refractivity (Wildman–Crippen MR) is 114 cm³/mol. The monoisotopic (exact) mass is 415 g/mol. The minimum Gasteiger partial charge on any atom is -0.489 e. The first-order valence-electron chi connectivity index (χ1n) is 9.83. The van der Waals surface area contributed by atoms with Crippen LogP contribution in [0.1, 0.15) is 29.4 Å². The van der Waals surface area contributed by atoms with Crippen molar-refractivity contribution in [1.82, 2.24) is 4.98 Å². The number of carbonyl (C=O) groups is 1. The summed E-state index contributed by atoms with van der Waals surface area (Å²) < 4.78 is 17.0. The molecule has 0 aliphatic carbocycles. The van der Waals surface area contributed by atoms with Crippen molar-refractivity contribution >= 4 is 5.97 Å². The fraction of sp³-hybridized carbons (Fsp3) is 0.120. The van der Waals surface area contributed by atoms with Gasteiger partial charge < -0.3 is 19.0 Å². The standard InChI is InChI=1S/C25H21NO5/c27-24(28)16-23(25-26-14-15-29-25)19-8-12-20(13-9-19)30-17-18-6-10-22(11-7-18)31-21-4-2-1-3-5-21/h1-15,23H,16-17H2,(H,27,28)/t23-/m0/s1. The summed E-state index contributed by atoms with van der Waals surface area (Å²) in [6.45, 7) is 0.406. The van der Waals surface area contributed by atoms with E-state index in [-0.39, 0.29) is 6.42 Å². The van der Waals surface area contributed by atoms with Crippen LogP contribution in [0.4, 0.5) is 0 Å². The van der Waals surface area contributed by atoms with Crippen LogP contribution < -0.4 is 9.47 Å². The first kappa shape index (κ1) is 20.2. The van der Waals surface area contributed by atoms with Gasteiger partial charge in [-0.25, -0.2) is 4.98 Å². The van der Waals surface area contributed by atoms with Crippen molar-refractivity contribution in [1.29, 1.82) is 0 Å². The van der Waals surface area contributed by atoms with E-state index in [0.29, 0.717) is 18.2 Å². The summed E-state index contributed by atoms with van der Waals surface area (Å²) in [5.41, 5.74) is 1.81. The molecule has 0 saturated carbocycles. The number of benzene rings is 3. The molecule has 6 heteroatoms. The zero-order valence-electron chi connectivity index (χ0n) is 16.7. The number of para-hydroxylation sites is 1. The number of hydrogen-bond donors (Lipinski definition) is 1. The Hall–Kier alpha value is -4.06. The lowest BCUT2D eigenvalue weighted by Crippen LogP contribution is -2.08. The molecule has 1 N–H and O–H groups in total. The second-order valence-electron chi connectivity index (χ2n) is 6.94. The number of carboxylic acid groups (broad SMARTS) is 1. The molecule has 1 heterocycles. The molecule has 0 saturated heterocycles. The van der Waals surface area contributed by atoms with Crippen molar-refractivity contribution in [2.45, 2.75) is 18.9 Å². The highest BCUT2D eigenvalue weighted by Gasteiger charge is 2.22. The predicted octanol–water partition coefficient (Wildman–Crippen LogP) is 5.65. The molecule has 4 rings (SSSR count). The van der Waals surface area contributed by atoms with Gasteiger partial charge in [0, 0.05) is 0 Å². The third kappa shape index (κ3) is 5.51. The van der Waals surface area contributed by atoms with Gasteiger partial charge in [-0.05, 0) is 47.5 Å². The highest BCUT2D eigenvalue weighted by Crippen LogP contribution is 2.29. The summed E-state index contributed by atoms with van der Waals surface area (Å²) in [5, 5.41) is 9.21. The molecule has 0 spiro atoms. The SMILES string of the molecule is O=C(O)C[C@@H](c1ccc(OCc2ccc(Oc3ccccc3)cc2)cc1)c1ncco1. The molecule has 31 heavy (non-hydrogen) atoms. The zero-order chi connectivity index (χ0) is 21.5. The molecular formula is C25H21NO5. The normalized spacial score (nSPS) is 11.6. The van der Waals surface area contributed by atoms with Crippen LogP contribution in [0.25, 0.3) is 0 Å². The minimum atomic E-state index is -0.914. The fourth-order valence-corrected chi connectivity index (χ4v) is 3.17. The maximum absolute atomic E-state index is 11.2. The Bertz CT molecular complexity index is 1090. The number of ether oxygens (including phenoxy) is 2. The first-order valence-corrected chi connectivity index (χ1v) is 9.83. The quantitative estimate of drug-likeness (QED) is 0.380. The smallest absolute Gasteiger partial charge is 0.304 e. The van der Waals surface area contributed by atoms with Crippen molar-refractivity contribution in [3.63, 3.8) is 0 Å². The molecule has 0 aliphatic heterocycles. The number of rotatable bonds is 9. The maximum Gasteiger partial charge on any atom is 0.304 e. The van der Waals surface area contributed by atoms with Gasteiger partial charge in [-0.15, -0.1) is 0 Å². The van der Waals surface area contributed by atoms with E-state index in [4.69, 9.17) is 13.9 Å². The second kappa shape index (κ2) is 9.63.